The van der Waals surface area contributed by atoms with Gasteiger partial charge in [-0.1, -0.05) is 32.6 Å². The Balaban J connectivity index is 2.35. The van der Waals surface area contributed by atoms with Crippen LogP contribution >= 0.6 is 15.9 Å². The predicted molar refractivity (Wildman–Crippen MR) is 75.4 cm³/mol. The van der Waals surface area contributed by atoms with Gasteiger partial charge in [-0.25, -0.2) is 4.79 Å². The zero-order valence-electron chi connectivity index (χ0n) is 10.6. The van der Waals surface area contributed by atoms with E-state index in [1.54, 1.807) is 18.2 Å². The van der Waals surface area contributed by atoms with Crippen LogP contribution in [-0.4, -0.2) is 17.7 Å². The van der Waals surface area contributed by atoms with E-state index >= 15 is 0 Å². The fourth-order valence-corrected chi connectivity index (χ4v) is 2.18. The Morgan fingerprint density at radius 2 is 2.00 bits per heavy atom. The average molecular weight is 315 g/mol. The zero-order chi connectivity index (χ0) is 13.4. The monoisotopic (exact) mass is 314 g/mol. The molecule has 0 unspecified atom stereocenters. The number of carboxylic acids is 1. The minimum atomic E-state index is -0.937. The Morgan fingerprint density at radius 1 is 1.28 bits per heavy atom. The highest BCUT2D eigenvalue weighted by Gasteiger charge is 2.08. The van der Waals surface area contributed by atoms with E-state index < -0.39 is 5.97 Å². The Labute approximate surface area is 116 Å². The number of unbranched alkanes of at least 4 members (excludes halogenated alkanes) is 4. The van der Waals surface area contributed by atoms with E-state index in [1.807, 2.05) is 0 Å². The summed E-state index contributed by atoms with van der Waals surface area (Å²) in [6.45, 7) is 2.88. The third-order valence-corrected chi connectivity index (χ3v) is 3.34. The van der Waals surface area contributed by atoms with Gasteiger partial charge in [-0.2, -0.15) is 0 Å². The van der Waals surface area contributed by atoms with Gasteiger partial charge in [-0.3, -0.25) is 0 Å². The van der Waals surface area contributed by atoms with Gasteiger partial charge >= 0.3 is 5.97 Å². The summed E-state index contributed by atoms with van der Waals surface area (Å²) in [5, 5.41) is 8.88. The Hall–Kier alpha value is -1.03. The van der Waals surface area contributed by atoms with Gasteiger partial charge in [-0.15, -0.1) is 0 Å². The normalized spacial score (nSPS) is 10.3. The number of aromatic carboxylic acids is 1. The van der Waals surface area contributed by atoms with Crippen LogP contribution in [-0.2, 0) is 0 Å². The van der Waals surface area contributed by atoms with E-state index in [2.05, 4.69) is 22.9 Å². The van der Waals surface area contributed by atoms with Crippen LogP contribution in [0.4, 0.5) is 0 Å². The summed E-state index contributed by atoms with van der Waals surface area (Å²) in [5.41, 5.74) is 0.255. The molecule has 0 radical (unpaired) electrons. The van der Waals surface area contributed by atoms with Crippen molar-refractivity contribution in [2.75, 3.05) is 6.61 Å². The molecule has 1 rings (SSSR count). The molecule has 0 bridgehead atoms. The number of carbonyl (C=O) groups is 1. The van der Waals surface area contributed by atoms with Gasteiger partial charge in [0.25, 0.3) is 0 Å². The third-order valence-electron chi connectivity index (χ3n) is 2.69. The number of ether oxygens (including phenoxy) is 1. The Bertz CT molecular complexity index is 391. The molecule has 0 aromatic heterocycles. The maximum absolute atomic E-state index is 10.8. The molecule has 0 aliphatic heterocycles. The first-order valence-corrected chi connectivity index (χ1v) is 7.10. The molecule has 0 aliphatic rings. The summed E-state index contributed by atoms with van der Waals surface area (Å²) in [6.07, 6.45) is 5.99. The molecule has 0 saturated heterocycles. The molecule has 4 heteroatoms. The van der Waals surface area contributed by atoms with Crippen LogP contribution in [0.1, 0.15) is 49.4 Å². The highest BCUT2D eigenvalue weighted by atomic mass is 79.9. The summed E-state index contributed by atoms with van der Waals surface area (Å²) >= 11 is 3.23. The van der Waals surface area contributed by atoms with Crippen molar-refractivity contribution in [1.82, 2.24) is 0 Å². The van der Waals surface area contributed by atoms with Crippen LogP contribution < -0.4 is 4.74 Å². The number of carboxylic acid groups (broad SMARTS) is 1. The minimum Gasteiger partial charge on any atom is -0.494 e. The lowest BCUT2D eigenvalue weighted by molar-refractivity contribution is 0.0696. The van der Waals surface area contributed by atoms with Crippen molar-refractivity contribution < 1.29 is 14.6 Å². The minimum absolute atomic E-state index is 0.255. The smallest absolute Gasteiger partial charge is 0.336 e. The molecule has 1 aromatic rings. The van der Waals surface area contributed by atoms with Crippen LogP contribution in [0, 0.1) is 0 Å². The van der Waals surface area contributed by atoms with Gasteiger partial charge in [0.1, 0.15) is 5.75 Å². The molecular weight excluding hydrogens is 296 g/mol. The average Bonchev–Trinajstić information content (AvgIpc) is 2.33. The fraction of sp³-hybridized carbons (Fsp3) is 0.500. The molecule has 18 heavy (non-hydrogen) atoms. The molecule has 0 amide bonds. The molecule has 0 fully saturated rings. The van der Waals surface area contributed by atoms with Gasteiger partial charge in [-0.05, 0) is 40.5 Å². The Morgan fingerprint density at radius 3 is 2.61 bits per heavy atom. The molecule has 0 heterocycles. The molecule has 0 spiro atoms. The van der Waals surface area contributed by atoms with Crippen molar-refractivity contribution in [3.05, 3.63) is 28.2 Å². The zero-order valence-corrected chi connectivity index (χ0v) is 12.2. The maximum atomic E-state index is 10.8. The number of hydrogen-bond donors (Lipinski definition) is 1. The van der Waals surface area contributed by atoms with Crippen molar-refractivity contribution >= 4 is 21.9 Å². The molecule has 1 N–H and O–H groups in total. The maximum Gasteiger partial charge on any atom is 0.336 e. The Kier molecular flexibility index (Phi) is 6.80. The predicted octanol–water partition coefficient (Wildman–Crippen LogP) is 4.50. The first kappa shape index (κ1) is 15.0. The largest absolute Gasteiger partial charge is 0.494 e. The SMILES string of the molecule is CCCCCCCOc1ccc(C(=O)O)c(Br)c1. The topological polar surface area (TPSA) is 46.5 Å². The van der Waals surface area contributed by atoms with Crippen LogP contribution in [0.5, 0.6) is 5.75 Å². The number of hydrogen-bond acceptors (Lipinski definition) is 2. The van der Waals surface area contributed by atoms with Crippen molar-refractivity contribution in [3.63, 3.8) is 0 Å². The molecule has 1 aromatic carbocycles. The summed E-state index contributed by atoms with van der Waals surface area (Å²) in [6, 6.07) is 4.95. The van der Waals surface area contributed by atoms with E-state index in [1.165, 1.54) is 25.7 Å². The molecule has 0 aliphatic carbocycles. The first-order chi connectivity index (χ1) is 8.65. The standard InChI is InChI=1S/C14H19BrO3/c1-2-3-4-5-6-9-18-11-7-8-12(14(16)17)13(15)10-11/h7-8,10H,2-6,9H2,1H3,(H,16,17). The third kappa shape index (κ3) is 5.08. The molecule has 0 saturated carbocycles. The van der Waals surface area contributed by atoms with Crippen molar-refractivity contribution in [2.24, 2.45) is 0 Å². The van der Waals surface area contributed by atoms with E-state index in [4.69, 9.17) is 9.84 Å². The second kappa shape index (κ2) is 8.14. The lowest BCUT2D eigenvalue weighted by Gasteiger charge is -2.07. The summed E-state index contributed by atoms with van der Waals surface area (Å²) in [7, 11) is 0. The molecule has 3 nitrogen and oxygen atoms in total. The van der Waals surface area contributed by atoms with Gasteiger partial charge in [0.05, 0.1) is 12.2 Å². The highest BCUT2D eigenvalue weighted by Crippen LogP contribution is 2.23. The fourth-order valence-electron chi connectivity index (χ4n) is 1.65. The lowest BCUT2D eigenvalue weighted by Crippen LogP contribution is -2.00. The van der Waals surface area contributed by atoms with Gasteiger partial charge in [0.2, 0.25) is 0 Å². The second-order valence-corrected chi connectivity index (χ2v) is 5.06. The van der Waals surface area contributed by atoms with E-state index in [9.17, 15) is 4.79 Å². The summed E-state index contributed by atoms with van der Waals surface area (Å²) in [5.74, 6) is -0.227. The second-order valence-electron chi connectivity index (χ2n) is 4.21. The quantitative estimate of drug-likeness (QED) is 0.719. The lowest BCUT2D eigenvalue weighted by atomic mass is 10.2. The van der Waals surface area contributed by atoms with Crippen LogP contribution in [0.2, 0.25) is 0 Å². The van der Waals surface area contributed by atoms with E-state index in [-0.39, 0.29) is 5.56 Å². The number of benzene rings is 1. The summed E-state index contributed by atoms with van der Waals surface area (Å²) < 4.78 is 6.13. The van der Waals surface area contributed by atoms with Gasteiger partial charge in [0.15, 0.2) is 0 Å². The van der Waals surface area contributed by atoms with Crippen LogP contribution in [0.25, 0.3) is 0 Å². The van der Waals surface area contributed by atoms with Crippen LogP contribution in [0.15, 0.2) is 22.7 Å². The summed E-state index contributed by atoms with van der Waals surface area (Å²) in [4.78, 5) is 10.8. The van der Waals surface area contributed by atoms with Crippen molar-refractivity contribution in [2.45, 2.75) is 39.0 Å². The number of rotatable bonds is 8. The van der Waals surface area contributed by atoms with E-state index in [0.717, 1.165) is 6.42 Å². The molecule has 0 atom stereocenters. The van der Waals surface area contributed by atoms with E-state index in [0.29, 0.717) is 16.8 Å². The van der Waals surface area contributed by atoms with Crippen molar-refractivity contribution in [1.29, 1.82) is 0 Å². The van der Waals surface area contributed by atoms with Crippen molar-refractivity contribution in [3.8, 4) is 5.75 Å². The highest BCUT2D eigenvalue weighted by molar-refractivity contribution is 9.10. The first-order valence-electron chi connectivity index (χ1n) is 6.30. The van der Waals surface area contributed by atoms with Gasteiger partial charge in [0, 0.05) is 4.47 Å². The number of halogens is 1. The molecular formula is C14H19BrO3. The van der Waals surface area contributed by atoms with Gasteiger partial charge < -0.3 is 9.84 Å². The molecule has 100 valence electrons. The van der Waals surface area contributed by atoms with Crippen LogP contribution in [0.3, 0.4) is 0 Å².